The predicted molar refractivity (Wildman–Crippen MR) is 66.4 cm³/mol. The third-order valence-electron chi connectivity index (χ3n) is 3.16. The summed E-state index contributed by atoms with van der Waals surface area (Å²) in [7, 11) is 2.99. The average molecular weight is 254 g/mol. The standard InChI is InChI=1S/C13H18O5/c1-8-10(17-3)6-5-9(11(8)18-4)13(2,7-14)12(15)16/h5-6,14H,7H2,1-4H3,(H,15,16). The fourth-order valence-corrected chi connectivity index (χ4v) is 1.86. The van der Waals surface area contributed by atoms with Gasteiger partial charge in [-0.1, -0.05) is 6.07 Å². The minimum atomic E-state index is -1.40. The summed E-state index contributed by atoms with van der Waals surface area (Å²) < 4.78 is 10.4. The third kappa shape index (κ3) is 2.13. The molecule has 0 bridgehead atoms. The van der Waals surface area contributed by atoms with E-state index in [0.29, 0.717) is 22.6 Å². The highest BCUT2D eigenvalue weighted by Gasteiger charge is 2.38. The molecule has 2 N–H and O–H groups in total. The zero-order chi connectivity index (χ0) is 13.9. The van der Waals surface area contributed by atoms with Crippen molar-refractivity contribution >= 4 is 5.97 Å². The van der Waals surface area contributed by atoms with E-state index in [1.165, 1.54) is 21.1 Å². The Morgan fingerprint density at radius 1 is 1.33 bits per heavy atom. The molecule has 18 heavy (non-hydrogen) atoms. The molecule has 1 unspecified atom stereocenters. The van der Waals surface area contributed by atoms with Crippen molar-refractivity contribution in [1.82, 2.24) is 0 Å². The minimum absolute atomic E-state index is 0.424. The first-order chi connectivity index (χ1) is 8.42. The Morgan fingerprint density at radius 3 is 2.33 bits per heavy atom. The lowest BCUT2D eigenvalue weighted by atomic mass is 9.82. The summed E-state index contributed by atoms with van der Waals surface area (Å²) >= 11 is 0. The monoisotopic (exact) mass is 254 g/mol. The summed E-state index contributed by atoms with van der Waals surface area (Å²) in [6.45, 7) is 2.73. The van der Waals surface area contributed by atoms with Gasteiger partial charge in [0.2, 0.25) is 0 Å². The van der Waals surface area contributed by atoms with Crippen LogP contribution in [-0.2, 0) is 10.2 Å². The maximum absolute atomic E-state index is 11.3. The van der Waals surface area contributed by atoms with E-state index in [0.717, 1.165) is 0 Å². The highest BCUT2D eigenvalue weighted by molar-refractivity contribution is 5.82. The van der Waals surface area contributed by atoms with Gasteiger partial charge in [0.15, 0.2) is 0 Å². The lowest BCUT2D eigenvalue weighted by Crippen LogP contribution is -2.36. The van der Waals surface area contributed by atoms with Crippen LogP contribution in [0.3, 0.4) is 0 Å². The van der Waals surface area contributed by atoms with E-state index in [2.05, 4.69) is 0 Å². The van der Waals surface area contributed by atoms with Crippen molar-refractivity contribution in [2.24, 2.45) is 0 Å². The fourth-order valence-electron chi connectivity index (χ4n) is 1.86. The van der Waals surface area contributed by atoms with E-state index in [1.54, 1.807) is 19.1 Å². The number of carboxylic acid groups (broad SMARTS) is 1. The molecule has 0 aromatic heterocycles. The number of methoxy groups -OCH3 is 2. The van der Waals surface area contributed by atoms with Crippen molar-refractivity contribution in [3.05, 3.63) is 23.3 Å². The Kier molecular flexibility index (Phi) is 4.19. The topological polar surface area (TPSA) is 76.0 Å². The molecule has 1 aromatic rings. The first-order valence-electron chi connectivity index (χ1n) is 5.48. The molecule has 1 atom stereocenters. The molecule has 5 nitrogen and oxygen atoms in total. The van der Waals surface area contributed by atoms with Gasteiger partial charge in [0.05, 0.1) is 20.8 Å². The van der Waals surface area contributed by atoms with Crippen LogP contribution in [0.5, 0.6) is 11.5 Å². The zero-order valence-corrected chi connectivity index (χ0v) is 11.0. The van der Waals surface area contributed by atoms with E-state index >= 15 is 0 Å². The van der Waals surface area contributed by atoms with Gasteiger partial charge in [0, 0.05) is 11.1 Å². The van der Waals surface area contributed by atoms with Gasteiger partial charge in [-0.05, 0) is 19.9 Å². The Hall–Kier alpha value is -1.75. The second-order valence-corrected chi connectivity index (χ2v) is 4.27. The number of benzene rings is 1. The fraction of sp³-hybridized carbons (Fsp3) is 0.462. The van der Waals surface area contributed by atoms with Gasteiger partial charge in [0.1, 0.15) is 16.9 Å². The van der Waals surface area contributed by atoms with Crippen molar-refractivity contribution < 1.29 is 24.5 Å². The van der Waals surface area contributed by atoms with E-state index in [4.69, 9.17) is 9.47 Å². The maximum atomic E-state index is 11.3. The van der Waals surface area contributed by atoms with E-state index in [9.17, 15) is 15.0 Å². The van der Waals surface area contributed by atoms with Crippen LogP contribution in [-0.4, -0.2) is 37.0 Å². The number of hydrogen-bond acceptors (Lipinski definition) is 4. The molecule has 0 amide bonds. The Morgan fingerprint density at radius 2 is 1.94 bits per heavy atom. The molecule has 0 saturated heterocycles. The molecule has 5 heteroatoms. The summed E-state index contributed by atoms with van der Waals surface area (Å²) in [4.78, 5) is 11.3. The smallest absolute Gasteiger partial charge is 0.316 e. The SMILES string of the molecule is COc1ccc(C(C)(CO)C(=O)O)c(OC)c1C. The van der Waals surface area contributed by atoms with E-state index in [1.807, 2.05) is 0 Å². The van der Waals surface area contributed by atoms with Gasteiger partial charge in [0.25, 0.3) is 0 Å². The lowest BCUT2D eigenvalue weighted by molar-refractivity contribution is -0.144. The predicted octanol–water partition coefficient (Wildman–Crippen LogP) is 1.35. The van der Waals surface area contributed by atoms with Gasteiger partial charge in [-0.2, -0.15) is 0 Å². The number of aliphatic hydroxyl groups excluding tert-OH is 1. The molecule has 100 valence electrons. The first kappa shape index (κ1) is 14.3. The van der Waals surface area contributed by atoms with E-state index in [-0.39, 0.29) is 0 Å². The Balaban J connectivity index is 3.50. The van der Waals surface area contributed by atoms with Crippen molar-refractivity contribution in [2.45, 2.75) is 19.3 Å². The molecule has 0 spiro atoms. The molecular weight excluding hydrogens is 236 g/mol. The van der Waals surface area contributed by atoms with Gasteiger partial charge in [-0.25, -0.2) is 0 Å². The van der Waals surface area contributed by atoms with Crippen molar-refractivity contribution in [1.29, 1.82) is 0 Å². The number of carboxylic acids is 1. The molecule has 0 heterocycles. The minimum Gasteiger partial charge on any atom is -0.496 e. The van der Waals surface area contributed by atoms with Crippen molar-refractivity contribution in [3.8, 4) is 11.5 Å². The van der Waals surface area contributed by atoms with Crippen LogP contribution in [0, 0.1) is 6.92 Å². The highest BCUT2D eigenvalue weighted by Crippen LogP contribution is 2.38. The number of rotatable bonds is 5. The molecule has 0 saturated carbocycles. The number of carbonyl (C=O) groups is 1. The molecule has 0 fully saturated rings. The van der Waals surface area contributed by atoms with Gasteiger partial charge < -0.3 is 19.7 Å². The van der Waals surface area contributed by atoms with Crippen LogP contribution < -0.4 is 9.47 Å². The normalized spacial score (nSPS) is 13.8. The van der Waals surface area contributed by atoms with Crippen LogP contribution in [0.1, 0.15) is 18.1 Å². The number of aliphatic carboxylic acids is 1. The Labute approximate surface area is 106 Å². The molecular formula is C13H18O5. The maximum Gasteiger partial charge on any atom is 0.316 e. The van der Waals surface area contributed by atoms with Crippen molar-refractivity contribution in [2.75, 3.05) is 20.8 Å². The average Bonchev–Trinajstić information content (AvgIpc) is 2.37. The summed E-state index contributed by atoms with van der Waals surface area (Å²) in [6, 6.07) is 3.28. The van der Waals surface area contributed by atoms with Crippen molar-refractivity contribution in [3.63, 3.8) is 0 Å². The van der Waals surface area contributed by atoms with Gasteiger partial charge >= 0.3 is 5.97 Å². The van der Waals surface area contributed by atoms with Crippen LogP contribution in [0.25, 0.3) is 0 Å². The number of hydrogen-bond donors (Lipinski definition) is 2. The summed E-state index contributed by atoms with van der Waals surface area (Å²) in [5.41, 5.74) is -0.265. The van der Waals surface area contributed by atoms with Gasteiger partial charge in [-0.15, -0.1) is 0 Å². The number of ether oxygens (including phenoxy) is 2. The summed E-state index contributed by atoms with van der Waals surface area (Å²) in [6.07, 6.45) is 0. The first-order valence-corrected chi connectivity index (χ1v) is 5.48. The summed E-state index contributed by atoms with van der Waals surface area (Å²) in [5.74, 6) is -0.0672. The van der Waals surface area contributed by atoms with Crippen LogP contribution in [0.4, 0.5) is 0 Å². The van der Waals surface area contributed by atoms with E-state index < -0.39 is 18.0 Å². The Bertz CT molecular complexity index is 455. The molecule has 0 aliphatic heterocycles. The van der Waals surface area contributed by atoms with Crippen LogP contribution >= 0.6 is 0 Å². The zero-order valence-electron chi connectivity index (χ0n) is 11.0. The molecule has 0 aliphatic rings. The highest BCUT2D eigenvalue weighted by atomic mass is 16.5. The molecule has 0 aliphatic carbocycles. The van der Waals surface area contributed by atoms with Crippen LogP contribution in [0.15, 0.2) is 12.1 Å². The molecule has 0 radical (unpaired) electrons. The third-order valence-corrected chi connectivity index (χ3v) is 3.16. The quantitative estimate of drug-likeness (QED) is 0.829. The summed E-state index contributed by atoms with van der Waals surface area (Å²) in [5, 5.41) is 18.7. The molecule has 1 rings (SSSR count). The largest absolute Gasteiger partial charge is 0.496 e. The second kappa shape index (κ2) is 5.27. The second-order valence-electron chi connectivity index (χ2n) is 4.27. The van der Waals surface area contributed by atoms with Gasteiger partial charge in [-0.3, -0.25) is 4.79 Å². The lowest BCUT2D eigenvalue weighted by Gasteiger charge is -2.26. The number of aliphatic hydroxyl groups is 1. The molecule has 1 aromatic carbocycles. The van der Waals surface area contributed by atoms with Crippen LogP contribution in [0.2, 0.25) is 0 Å².